The number of H-pyrrole nitrogens is 1. The summed E-state index contributed by atoms with van der Waals surface area (Å²) in [5.74, 6) is 0. The molecule has 1 aromatic carbocycles. The molecule has 0 atom stereocenters. The number of hydrogen-bond acceptors (Lipinski definition) is 6. The number of sulfonamides is 1. The van der Waals surface area contributed by atoms with Gasteiger partial charge in [-0.05, 0) is 32.9 Å². The Morgan fingerprint density at radius 2 is 2.12 bits per heavy atom. The molecule has 0 radical (unpaired) electrons. The van der Waals surface area contributed by atoms with Gasteiger partial charge in [0.25, 0.3) is 10.0 Å². The summed E-state index contributed by atoms with van der Waals surface area (Å²) in [7, 11) is -4.07. The molecule has 1 aliphatic heterocycles. The van der Waals surface area contributed by atoms with Gasteiger partial charge in [0.1, 0.15) is 16.6 Å². The molecular formula is C21H22ClFN6O4S. The van der Waals surface area contributed by atoms with Crippen LogP contribution in [0.1, 0.15) is 26.3 Å². The number of fused-ring (bicyclic) bond motifs is 1. The number of amides is 1. The lowest BCUT2D eigenvalue weighted by molar-refractivity contribution is -0.0593. The number of benzene rings is 1. The number of hydrogen-bond donors (Lipinski definition) is 2. The number of halogens is 2. The van der Waals surface area contributed by atoms with Crippen molar-refractivity contribution in [3.8, 4) is 6.07 Å². The number of carbonyl (C=O) groups is 1. The topological polar surface area (TPSA) is 133 Å². The molecule has 2 aromatic heterocycles. The molecule has 1 fully saturated rings. The van der Waals surface area contributed by atoms with Crippen molar-refractivity contribution in [2.24, 2.45) is 0 Å². The molecule has 1 aliphatic rings. The van der Waals surface area contributed by atoms with E-state index in [0.29, 0.717) is 15.9 Å². The third kappa shape index (κ3) is 4.67. The van der Waals surface area contributed by atoms with Crippen molar-refractivity contribution in [3.05, 3.63) is 41.3 Å². The largest absolute Gasteiger partial charge is 0.444 e. The summed E-state index contributed by atoms with van der Waals surface area (Å²) in [6.45, 7) is 4.58. The molecule has 3 aromatic rings. The van der Waals surface area contributed by atoms with E-state index in [4.69, 9.17) is 16.3 Å². The van der Waals surface area contributed by atoms with Gasteiger partial charge in [0.2, 0.25) is 0 Å². The Balaban J connectivity index is 1.46. The number of ether oxygens (including phenoxy) is 1. The van der Waals surface area contributed by atoms with Crippen LogP contribution in [-0.4, -0.2) is 58.5 Å². The summed E-state index contributed by atoms with van der Waals surface area (Å²) >= 11 is 6.16. The first kappa shape index (κ1) is 23.8. The van der Waals surface area contributed by atoms with Crippen LogP contribution in [0.4, 0.5) is 14.9 Å². The van der Waals surface area contributed by atoms with Crippen molar-refractivity contribution >= 4 is 44.3 Å². The van der Waals surface area contributed by atoms with Crippen LogP contribution in [0.25, 0.3) is 10.9 Å². The molecule has 0 bridgehead atoms. The van der Waals surface area contributed by atoms with Gasteiger partial charge in [-0.2, -0.15) is 10.4 Å². The van der Waals surface area contributed by atoms with E-state index in [1.165, 1.54) is 34.1 Å². The zero-order valence-corrected chi connectivity index (χ0v) is 20.2. The lowest BCUT2D eigenvalue weighted by Gasteiger charge is -2.44. The quantitative estimate of drug-likeness (QED) is 0.540. The molecular weight excluding hydrogens is 487 g/mol. The molecule has 0 spiro atoms. The average Bonchev–Trinajstić information content (AvgIpc) is 3.34. The smallest absolute Gasteiger partial charge is 0.410 e. The van der Waals surface area contributed by atoms with Gasteiger partial charge in [0, 0.05) is 17.8 Å². The van der Waals surface area contributed by atoms with Crippen molar-refractivity contribution in [3.63, 3.8) is 0 Å². The molecule has 34 heavy (non-hydrogen) atoms. The number of aromatic nitrogens is 3. The Kier molecular flexibility index (Phi) is 5.73. The van der Waals surface area contributed by atoms with Gasteiger partial charge in [-0.15, -0.1) is 0 Å². The second-order valence-corrected chi connectivity index (χ2v) is 11.2. The van der Waals surface area contributed by atoms with Gasteiger partial charge in [-0.25, -0.2) is 17.6 Å². The predicted molar refractivity (Wildman–Crippen MR) is 123 cm³/mol. The number of nitrogens with zero attached hydrogens (tertiary/aromatic N) is 4. The Morgan fingerprint density at radius 1 is 1.41 bits per heavy atom. The monoisotopic (exact) mass is 508 g/mol. The molecule has 10 nitrogen and oxygen atoms in total. The first-order chi connectivity index (χ1) is 15.8. The standard InChI is InChI=1S/C21H22ClFN6O4S/c1-20(2,3)33-19(30)28-10-21(23,11-28)12-29-9-14(8-26-29)34(31,32)27-16-5-4-15(22)17-13(6-24)7-25-18(16)17/h4-5,7-9,25,27H,10-12H2,1-3H3. The minimum Gasteiger partial charge on any atom is -0.444 e. The predicted octanol–water partition coefficient (Wildman–Crippen LogP) is 3.65. The van der Waals surface area contributed by atoms with E-state index in [1.54, 1.807) is 20.8 Å². The second kappa shape index (κ2) is 8.18. The van der Waals surface area contributed by atoms with Gasteiger partial charge in [-0.3, -0.25) is 9.40 Å². The van der Waals surface area contributed by atoms with E-state index < -0.39 is 27.4 Å². The summed E-state index contributed by atoms with van der Waals surface area (Å²) in [6, 6.07) is 4.95. The summed E-state index contributed by atoms with van der Waals surface area (Å²) in [5, 5.41) is 13.9. The Bertz CT molecular complexity index is 1410. The third-order valence-corrected chi connectivity index (χ3v) is 6.75. The zero-order chi connectivity index (χ0) is 24.9. The maximum Gasteiger partial charge on any atom is 0.410 e. The number of aromatic amines is 1. The molecule has 1 saturated heterocycles. The van der Waals surface area contributed by atoms with Crippen molar-refractivity contribution in [1.82, 2.24) is 19.7 Å². The fourth-order valence-corrected chi connectivity index (χ4v) is 4.92. The number of alkyl halides is 1. The number of anilines is 1. The van der Waals surface area contributed by atoms with Crippen LogP contribution in [0, 0.1) is 11.3 Å². The lowest BCUT2D eigenvalue weighted by Crippen LogP contribution is -2.63. The summed E-state index contributed by atoms with van der Waals surface area (Å²) in [6.07, 6.45) is 3.15. The SMILES string of the molecule is CC(C)(C)OC(=O)N1CC(F)(Cn2cc(S(=O)(=O)Nc3ccc(Cl)c4c(C#N)c[nH]c34)cn2)C1. The van der Waals surface area contributed by atoms with Crippen molar-refractivity contribution in [2.75, 3.05) is 17.8 Å². The van der Waals surface area contributed by atoms with Gasteiger partial charge in [0.05, 0.1) is 47.6 Å². The summed E-state index contributed by atoms with van der Waals surface area (Å²) in [4.78, 5) is 15.9. The highest BCUT2D eigenvalue weighted by Crippen LogP contribution is 2.33. The number of nitrogens with one attached hydrogen (secondary N) is 2. The molecule has 13 heteroatoms. The van der Waals surface area contributed by atoms with Crippen LogP contribution in [0.2, 0.25) is 5.02 Å². The van der Waals surface area contributed by atoms with Crippen LogP contribution < -0.4 is 4.72 Å². The van der Waals surface area contributed by atoms with Gasteiger partial charge in [0.15, 0.2) is 5.67 Å². The van der Waals surface area contributed by atoms with E-state index in [2.05, 4.69) is 14.8 Å². The van der Waals surface area contributed by atoms with Gasteiger partial charge >= 0.3 is 6.09 Å². The van der Waals surface area contributed by atoms with Crippen LogP contribution in [0.3, 0.4) is 0 Å². The Hall–Kier alpha value is -3.30. The van der Waals surface area contributed by atoms with Gasteiger partial charge < -0.3 is 14.6 Å². The Morgan fingerprint density at radius 3 is 2.76 bits per heavy atom. The van der Waals surface area contributed by atoms with E-state index in [-0.39, 0.29) is 35.8 Å². The zero-order valence-electron chi connectivity index (χ0n) is 18.6. The van der Waals surface area contributed by atoms with Crippen LogP contribution >= 0.6 is 11.6 Å². The van der Waals surface area contributed by atoms with Gasteiger partial charge in [-0.1, -0.05) is 11.6 Å². The van der Waals surface area contributed by atoms with E-state index in [0.717, 1.165) is 6.20 Å². The maximum atomic E-state index is 15.0. The first-order valence-electron chi connectivity index (χ1n) is 10.2. The number of nitriles is 1. The number of carbonyl (C=O) groups excluding carboxylic acids is 1. The van der Waals surface area contributed by atoms with Crippen LogP contribution in [-0.2, 0) is 21.3 Å². The first-order valence-corrected chi connectivity index (χ1v) is 12.1. The number of rotatable bonds is 5. The second-order valence-electron chi connectivity index (χ2n) is 9.13. The summed E-state index contributed by atoms with van der Waals surface area (Å²) < 4.78 is 49.7. The van der Waals surface area contributed by atoms with Crippen molar-refractivity contribution in [2.45, 2.75) is 43.5 Å². The molecule has 3 heterocycles. The number of likely N-dealkylation sites (tertiary alicyclic amines) is 1. The van der Waals surface area contributed by atoms with E-state index in [1.807, 2.05) is 6.07 Å². The van der Waals surface area contributed by atoms with Crippen LogP contribution in [0.5, 0.6) is 0 Å². The average molecular weight is 509 g/mol. The highest BCUT2D eigenvalue weighted by Gasteiger charge is 2.47. The van der Waals surface area contributed by atoms with E-state index >= 15 is 4.39 Å². The molecule has 1 amide bonds. The lowest BCUT2D eigenvalue weighted by atomic mass is 9.97. The highest BCUT2D eigenvalue weighted by molar-refractivity contribution is 7.92. The fraction of sp³-hybridized carbons (Fsp3) is 0.381. The maximum absolute atomic E-state index is 15.0. The minimum atomic E-state index is -4.07. The molecule has 2 N–H and O–H groups in total. The molecule has 180 valence electrons. The van der Waals surface area contributed by atoms with E-state index in [9.17, 15) is 18.5 Å². The molecule has 4 rings (SSSR count). The third-order valence-electron chi connectivity index (χ3n) is 5.11. The van der Waals surface area contributed by atoms with Crippen LogP contribution in [0.15, 0.2) is 35.6 Å². The fourth-order valence-electron chi connectivity index (χ4n) is 3.64. The normalized spacial score (nSPS) is 15.6. The molecule has 0 aliphatic carbocycles. The van der Waals surface area contributed by atoms with Crippen molar-refractivity contribution in [1.29, 1.82) is 5.26 Å². The molecule has 0 saturated carbocycles. The van der Waals surface area contributed by atoms with Crippen molar-refractivity contribution < 1.29 is 22.3 Å². The summed E-state index contributed by atoms with van der Waals surface area (Å²) in [5.41, 5.74) is -1.60. The Labute approximate surface area is 200 Å². The minimum absolute atomic E-state index is 0.172. The highest BCUT2D eigenvalue weighted by atomic mass is 35.5. The molecule has 0 unspecified atom stereocenters.